The number of aliphatic hydroxyl groups is 1. The average molecular weight is 444 g/mol. The fourth-order valence-electron chi connectivity index (χ4n) is 3.05. The third kappa shape index (κ3) is 3.35. The van der Waals surface area contributed by atoms with Crippen molar-refractivity contribution >= 4 is 34.3 Å². The van der Waals surface area contributed by atoms with Gasteiger partial charge in [-0.3, -0.25) is 4.79 Å². The monoisotopic (exact) mass is 444 g/mol. The van der Waals surface area contributed by atoms with E-state index >= 15 is 0 Å². The smallest absolute Gasteiger partial charge is 0.341 e. The molecule has 0 bridgehead atoms. The lowest BCUT2D eigenvalue weighted by Crippen LogP contribution is -2.29. The minimum atomic E-state index is -0.651. The summed E-state index contributed by atoms with van der Waals surface area (Å²) in [5.74, 6) is -0.552. The molecule has 6 heteroatoms. The molecule has 0 fully saturated rings. The molecule has 1 N–H and O–H groups in total. The van der Waals surface area contributed by atoms with Gasteiger partial charge in [-0.2, -0.15) is 0 Å². The summed E-state index contributed by atoms with van der Waals surface area (Å²) in [5, 5.41) is 9.84. The Morgan fingerprint density at radius 2 is 2.00 bits per heavy atom. The predicted molar refractivity (Wildman–Crippen MR) is 98.3 cm³/mol. The molecule has 1 unspecified atom stereocenters. The number of methoxy groups -OCH3 is 2. The number of carbonyl (C=O) groups excluding carboxylic acids is 2. The van der Waals surface area contributed by atoms with Crippen LogP contribution in [0.5, 0.6) is 5.75 Å². The van der Waals surface area contributed by atoms with Crippen LogP contribution in [0, 0.1) is 15.4 Å². The summed E-state index contributed by atoms with van der Waals surface area (Å²) in [6, 6.07) is 3.56. The normalized spacial score (nSPS) is 18.0. The molecule has 2 atom stereocenters. The number of hydrogen-bond acceptors (Lipinski definition) is 5. The Balaban J connectivity index is 2.69. The number of ketones is 1. The van der Waals surface area contributed by atoms with Crippen molar-refractivity contribution in [1.82, 2.24) is 0 Å². The molecule has 5 nitrogen and oxygen atoms in total. The first-order chi connectivity index (χ1) is 11.3. The first-order valence-electron chi connectivity index (χ1n) is 7.68. The van der Waals surface area contributed by atoms with Crippen LogP contribution in [0.3, 0.4) is 0 Å². The van der Waals surface area contributed by atoms with E-state index in [2.05, 4.69) is 22.6 Å². The van der Waals surface area contributed by atoms with Gasteiger partial charge in [0.1, 0.15) is 11.3 Å². The molecule has 0 spiro atoms. The van der Waals surface area contributed by atoms with Crippen LogP contribution in [0.1, 0.15) is 35.7 Å². The fourth-order valence-corrected chi connectivity index (χ4v) is 3.74. The largest absolute Gasteiger partial charge is 0.496 e. The highest BCUT2D eigenvalue weighted by molar-refractivity contribution is 14.1. The molecule has 0 saturated heterocycles. The lowest BCUT2D eigenvalue weighted by Gasteiger charge is -2.31. The van der Waals surface area contributed by atoms with Gasteiger partial charge in [0.2, 0.25) is 0 Å². The summed E-state index contributed by atoms with van der Waals surface area (Å²) < 4.78 is 10.9. The molecule has 0 aromatic heterocycles. The molecule has 1 aromatic carbocycles. The van der Waals surface area contributed by atoms with E-state index in [0.717, 1.165) is 9.13 Å². The highest BCUT2D eigenvalue weighted by Crippen LogP contribution is 2.41. The topological polar surface area (TPSA) is 72.8 Å². The van der Waals surface area contributed by atoms with Crippen molar-refractivity contribution in [2.24, 2.45) is 11.8 Å². The van der Waals surface area contributed by atoms with Crippen molar-refractivity contribution in [2.75, 3.05) is 20.8 Å². The maximum absolute atomic E-state index is 12.7. The van der Waals surface area contributed by atoms with Crippen molar-refractivity contribution in [2.45, 2.75) is 19.8 Å². The summed E-state index contributed by atoms with van der Waals surface area (Å²) in [5.41, 5.74) is 1.26. The number of halogens is 1. The van der Waals surface area contributed by atoms with Crippen LogP contribution in [0.2, 0.25) is 0 Å². The summed E-state index contributed by atoms with van der Waals surface area (Å²) in [4.78, 5) is 24.7. The molecule has 0 aliphatic heterocycles. The van der Waals surface area contributed by atoms with E-state index in [1.54, 1.807) is 19.3 Å². The maximum atomic E-state index is 12.7. The standard InChI is InChI=1S/C18H21IO5/c1-9(2)14(8-20)10-5-13(18(22)24-4)17(21)12-6-15(19)16(23-3)7-11(10)12/h5-7,9-10,14,20H,8H2,1-4H3/t10?,14-/m1/s1. The van der Waals surface area contributed by atoms with Crippen LogP contribution in [0.15, 0.2) is 23.8 Å². The second-order valence-corrected chi connectivity index (χ2v) is 7.25. The molecule has 24 heavy (non-hydrogen) atoms. The molecular formula is C18H21IO5. The second-order valence-electron chi connectivity index (χ2n) is 6.09. The fraction of sp³-hybridized carbons (Fsp3) is 0.444. The molecule has 0 heterocycles. The zero-order chi connectivity index (χ0) is 18.0. The highest BCUT2D eigenvalue weighted by Gasteiger charge is 2.36. The zero-order valence-corrected chi connectivity index (χ0v) is 16.3. The van der Waals surface area contributed by atoms with Gasteiger partial charge < -0.3 is 14.6 Å². The van der Waals surface area contributed by atoms with Gasteiger partial charge >= 0.3 is 5.97 Å². The van der Waals surface area contributed by atoms with Crippen LogP contribution in [0.4, 0.5) is 0 Å². The van der Waals surface area contributed by atoms with Crippen molar-refractivity contribution < 1.29 is 24.2 Å². The Morgan fingerprint density at radius 3 is 2.50 bits per heavy atom. The van der Waals surface area contributed by atoms with Crippen LogP contribution < -0.4 is 4.74 Å². The van der Waals surface area contributed by atoms with Gasteiger partial charge in [0.05, 0.1) is 17.8 Å². The van der Waals surface area contributed by atoms with Crippen molar-refractivity contribution in [3.8, 4) is 5.75 Å². The van der Waals surface area contributed by atoms with Crippen molar-refractivity contribution in [1.29, 1.82) is 0 Å². The summed E-state index contributed by atoms with van der Waals surface area (Å²) in [6.45, 7) is 3.97. The Labute approximate surface area is 155 Å². The van der Waals surface area contributed by atoms with Crippen LogP contribution in [0.25, 0.3) is 0 Å². The van der Waals surface area contributed by atoms with Crippen LogP contribution >= 0.6 is 22.6 Å². The Kier molecular flexibility index (Phi) is 6.03. The molecular weight excluding hydrogens is 423 g/mol. The van der Waals surface area contributed by atoms with Crippen LogP contribution in [-0.2, 0) is 9.53 Å². The van der Waals surface area contributed by atoms with Gasteiger partial charge in [-0.05, 0) is 52.1 Å². The highest BCUT2D eigenvalue weighted by atomic mass is 127. The molecule has 130 valence electrons. The van der Waals surface area contributed by atoms with Gasteiger partial charge in [0.15, 0.2) is 5.78 Å². The Morgan fingerprint density at radius 1 is 1.33 bits per heavy atom. The SMILES string of the molecule is COC(=O)C1=CC([C@H](CO)C(C)C)c2cc(OC)c(I)cc2C1=O. The lowest BCUT2D eigenvalue weighted by molar-refractivity contribution is -0.135. The number of allylic oxidation sites excluding steroid dienone is 1. The third-order valence-corrected chi connectivity index (χ3v) is 5.30. The number of esters is 1. The minimum Gasteiger partial charge on any atom is -0.496 e. The maximum Gasteiger partial charge on any atom is 0.341 e. The number of Topliss-reactive ketones (excluding diaryl/α,β-unsaturated/α-hetero) is 1. The van der Waals surface area contributed by atoms with Crippen molar-refractivity contribution in [3.63, 3.8) is 0 Å². The van der Waals surface area contributed by atoms with Gasteiger partial charge in [-0.15, -0.1) is 0 Å². The van der Waals surface area contributed by atoms with E-state index in [0.29, 0.717) is 11.3 Å². The molecule has 1 aromatic rings. The molecule has 0 radical (unpaired) electrons. The van der Waals surface area contributed by atoms with E-state index in [9.17, 15) is 14.7 Å². The zero-order valence-electron chi connectivity index (χ0n) is 14.1. The van der Waals surface area contributed by atoms with E-state index < -0.39 is 5.97 Å². The molecule has 1 aliphatic carbocycles. The second kappa shape index (κ2) is 7.65. The number of aliphatic hydroxyl groups excluding tert-OH is 1. The first kappa shape index (κ1) is 18.9. The molecule has 0 amide bonds. The number of rotatable bonds is 5. The molecule has 1 aliphatic rings. The van der Waals surface area contributed by atoms with Gasteiger partial charge in [-0.25, -0.2) is 4.79 Å². The summed E-state index contributed by atoms with van der Waals surface area (Å²) in [7, 11) is 2.83. The van der Waals surface area contributed by atoms with Gasteiger partial charge in [0, 0.05) is 18.1 Å². The van der Waals surface area contributed by atoms with Gasteiger partial charge in [0.25, 0.3) is 0 Å². The van der Waals surface area contributed by atoms with Crippen molar-refractivity contribution in [3.05, 3.63) is 38.5 Å². The third-order valence-electron chi connectivity index (χ3n) is 4.45. The number of fused-ring (bicyclic) bond motifs is 1. The van der Waals surface area contributed by atoms with E-state index in [1.807, 2.05) is 19.9 Å². The Bertz CT molecular complexity index is 693. The molecule has 0 saturated carbocycles. The summed E-state index contributed by atoms with van der Waals surface area (Å²) in [6.07, 6.45) is 1.63. The van der Waals surface area contributed by atoms with E-state index in [-0.39, 0.29) is 35.7 Å². The number of hydrogen-bond donors (Lipinski definition) is 1. The van der Waals surface area contributed by atoms with Crippen LogP contribution in [-0.4, -0.2) is 37.7 Å². The number of carbonyl (C=O) groups is 2. The van der Waals surface area contributed by atoms with E-state index in [4.69, 9.17) is 9.47 Å². The number of ether oxygens (including phenoxy) is 2. The number of benzene rings is 1. The minimum absolute atomic E-state index is 0.0232. The predicted octanol–water partition coefficient (Wildman–Crippen LogP) is 2.94. The lowest BCUT2D eigenvalue weighted by atomic mass is 9.73. The van der Waals surface area contributed by atoms with E-state index in [1.165, 1.54) is 7.11 Å². The first-order valence-corrected chi connectivity index (χ1v) is 8.76. The summed E-state index contributed by atoms with van der Waals surface area (Å²) >= 11 is 2.10. The van der Waals surface area contributed by atoms with Gasteiger partial charge in [-0.1, -0.05) is 19.9 Å². The quantitative estimate of drug-likeness (QED) is 0.430. The average Bonchev–Trinajstić information content (AvgIpc) is 2.56. The molecule has 2 rings (SSSR count). The Hall–Kier alpha value is -1.41.